The third-order valence-electron chi connectivity index (χ3n) is 6.76. The number of nitrogens with zero attached hydrogens (tertiary/aromatic N) is 1. The summed E-state index contributed by atoms with van der Waals surface area (Å²) in [6, 6.07) is 1.51. The maximum atomic E-state index is 3.93. The fourth-order valence-electron chi connectivity index (χ4n) is 4.95. The molecule has 21 heavy (non-hydrogen) atoms. The van der Waals surface area contributed by atoms with Crippen LogP contribution >= 0.6 is 0 Å². The quantitative estimate of drug-likeness (QED) is 0.841. The summed E-state index contributed by atoms with van der Waals surface area (Å²) in [6.07, 6.45) is 10.2. The van der Waals surface area contributed by atoms with Crippen LogP contribution < -0.4 is 5.32 Å². The van der Waals surface area contributed by atoms with Crippen molar-refractivity contribution >= 4 is 0 Å². The van der Waals surface area contributed by atoms with Crippen molar-refractivity contribution in [3.05, 3.63) is 0 Å². The van der Waals surface area contributed by atoms with E-state index < -0.39 is 0 Å². The van der Waals surface area contributed by atoms with Gasteiger partial charge in [-0.2, -0.15) is 0 Å². The summed E-state index contributed by atoms with van der Waals surface area (Å²) in [5.41, 5.74) is 0.383. The Hall–Kier alpha value is -0.0800. The molecule has 0 aromatic rings. The van der Waals surface area contributed by atoms with Gasteiger partial charge in [-0.05, 0) is 57.3 Å². The minimum Gasteiger partial charge on any atom is -0.308 e. The Labute approximate surface area is 132 Å². The van der Waals surface area contributed by atoms with Crippen LogP contribution in [0.25, 0.3) is 0 Å². The molecule has 3 rings (SSSR count). The number of hydrogen-bond donors (Lipinski definition) is 1. The van der Waals surface area contributed by atoms with Crippen molar-refractivity contribution in [2.24, 2.45) is 17.8 Å². The molecule has 1 saturated heterocycles. The number of hydrogen-bond acceptors (Lipinski definition) is 2. The van der Waals surface area contributed by atoms with Gasteiger partial charge in [-0.1, -0.05) is 33.1 Å². The lowest BCUT2D eigenvalue weighted by Gasteiger charge is -2.52. The minimum atomic E-state index is 0.383. The van der Waals surface area contributed by atoms with Crippen molar-refractivity contribution in [2.45, 2.75) is 90.3 Å². The molecule has 2 heteroatoms. The van der Waals surface area contributed by atoms with Crippen molar-refractivity contribution in [1.82, 2.24) is 10.2 Å². The molecule has 2 aliphatic carbocycles. The number of rotatable bonds is 4. The van der Waals surface area contributed by atoms with Gasteiger partial charge in [0.2, 0.25) is 0 Å². The highest BCUT2D eigenvalue weighted by Crippen LogP contribution is 2.43. The first-order valence-corrected chi connectivity index (χ1v) is 9.52. The van der Waals surface area contributed by atoms with E-state index in [2.05, 4.69) is 37.9 Å². The van der Waals surface area contributed by atoms with Gasteiger partial charge in [-0.25, -0.2) is 0 Å². The highest BCUT2D eigenvalue weighted by atomic mass is 15.3. The summed E-state index contributed by atoms with van der Waals surface area (Å²) in [7, 11) is 0. The zero-order valence-corrected chi connectivity index (χ0v) is 14.7. The third kappa shape index (κ3) is 3.32. The Morgan fingerprint density at radius 3 is 2.24 bits per heavy atom. The first kappa shape index (κ1) is 15.8. The third-order valence-corrected chi connectivity index (χ3v) is 6.76. The Morgan fingerprint density at radius 1 is 1.00 bits per heavy atom. The normalized spacial score (nSPS) is 37.9. The molecule has 0 aromatic carbocycles. The molecule has 0 amide bonds. The molecule has 3 atom stereocenters. The van der Waals surface area contributed by atoms with Gasteiger partial charge >= 0.3 is 0 Å². The predicted octanol–water partition coefficient (Wildman–Crippen LogP) is 4.05. The maximum Gasteiger partial charge on any atom is 0.0309 e. The van der Waals surface area contributed by atoms with E-state index in [4.69, 9.17) is 0 Å². The van der Waals surface area contributed by atoms with E-state index in [-0.39, 0.29) is 0 Å². The summed E-state index contributed by atoms with van der Waals surface area (Å²) in [5.74, 6) is 2.64. The van der Waals surface area contributed by atoms with Crippen LogP contribution in [0.2, 0.25) is 0 Å². The molecule has 1 aliphatic heterocycles. The van der Waals surface area contributed by atoms with E-state index in [1.807, 2.05) is 0 Å². The topological polar surface area (TPSA) is 15.3 Å². The zero-order chi connectivity index (χ0) is 15.0. The van der Waals surface area contributed by atoms with Crippen LogP contribution in [0.5, 0.6) is 0 Å². The van der Waals surface area contributed by atoms with Crippen molar-refractivity contribution in [2.75, 3.05) is 13.1 Å². The fourth-order valence-corrected chi connectivity index (χ4v) is 4.95. The maximum absolute atomic E-state index is 3.93. The SMILES string of the molecule is CC(C)C1CNC(C)(C2CC2)CN1C(C)C1CCCCC1. The van der Waals surface area contributed by atoms with Gasteiger partial charge in [0.05, 0.1) is 0 Å². The lowest BCUT2D eigenvalue weighted by Crippen LogP contribution is -2.67. The Morgan fingerprint density at radius 2 is 1.67 bits per heavy atom. The monoisotopic (exact) mass is 292 g/mol. The Bertz CT molecular complexity index is 343. The van der Waals surface area contributed by atoms with E-state index >= 15 is 0 Å². The summed E-state index contributed by atoms with van der Waals surface area (Å²) in [4.78, 5) is 2.91. The van der Waals surface area contributed by atoms with Crippen molar-refractivity contribution in [3.63, 3.8) is 0 Å². The molecular formula is C19H36N2. The summed E-state index contributed by atoms with van der Waals surface area (Å²) < 4.78 is 0. The molecule has 0 aromatic heterocycles. The van der Waals surface area contributed by atoms with Crippen LogP contribution in [0.3, 0.4) is 0 Å². The van der Waals surface area contributed by atoms with Crippen LogP contribution in [0.1, 0.15) is 72.6 Å². The molecular weight excluding hydrogens is 256 g/mol. The average Bonchev–Trinajstić information content (AvgIpc) is 3.32. The molecule has 3 aliphatic rings. The second kappa shape index (κ2) is 6.20. The molecule has 1 heterocycles. The van der Waals surface area contributed by atoms with Crippen LogP contribution in [0.4, 0.5) is 0 Å². The predicted molar refractivity (Wildman–Crippen MR) is 90.5 cm³/mol. The lowest BCUT2D eigenvalue weighted by molar-refractivity contribution is -0.00174. The van der Waals surface area contributed by atoms with Crippen molar-refractivity contribution in [1.29, 1.82) is 0 Å². The number of nitrogens with one attached hydrogen (secondary N) is 1. The molecule has 0 spiro atoms. The second-order valence-electron chi connectivity index (χ2n) is 8.70. The highest BCUT2D eigenvalue weighted by Gasteiger charge is 2.47. The van der Waals surface area contributed by atoms with Gasteiger partial charge in [-0.15, -0.1) is 0 Å². The molecule has 0 bridgehead atoms. The summed E-state index contributed by atoms with van der Waals surface area (Å²) in [5, 5.41) is 3.93. The van der Waals surface area contributed by atoms with Crippen molar-refractivity contribution in [3.8, 4) is 0 Å². The molecule has 2 saturated carbocycles. The largest absolute Gasteiger partial charge is 0.308 e. The second-order valence-corrected chi connectivity index (χ2v) is 8.70. The van der Waals surface area contributed by atoms with E-state index in [9.17, 15) is 0 Å². The molecule has 1 N–H and O–H groups in total. The van der Waals surface area contributed by atoms with Crippen LogP contribution in [0, 0.1) is 17.8 Å². The zero-order valence-electron chi connectivity index (χ0n) is 14.7. The van der Waals surface area contributed by atoms with Gasteiger partial charge in [0, 0.05) is 30.7 Å². The number of piperazine rings is 1. The van der Waals surface area contributed by atoms with Gasteiger partial charge in [-0.3, -0.25) is 4.90 Å². The smallest absolute Gasteiger partial charge is 0.0309 e. The molecule has 2 nitrogen and oxygen atoms in total. The molecule has 0 radical (unpaired) electrons. The minimum absolute atomic E-state index is 0.383. The van der Waals surface area contributed by atoms with E-state index in [1.54, 1.807) is 0 Å². The van der Waals surface area contributed by atoms with Gasteiger partial charge < -0.3 is 5.32 Å². The molecule has 3 unspecified atom stereocenters. The standard InChI is InChI=1S/C19H36N2/c1-14(2)18-12-20-19(4,17-10-11-17)13-21(18)15(3)16-8-6-5-7-9-16/h14-18,20H,5-13H2,1-4H3. The first-order valence-electron chi connectivity index (χ1n) is 9.52. The summed E-state index contributed by atoms with van der Waals surface area (Å²) >= 11 is 0. The van der Waals surface area contributed by atoms with E-state index in [0.717, 1.165) is 29.8 Å². The van der Waals surface area contributed by atoms with Gasteiger partial charge in [0.15, 0.2) is 0 Å². The van der Waals surface area contributed by atoms with Crippen molar-refractivity contribution < 1.29 is 0 Å². The summed E-state index contributed by atoms with van der Waals surface area (Å²) in [6.45, 7) is 12.3. The van der Waals surface area contributed by atoms with E-state index in [1.165, 1.54) is 58.0 Å². The van der Waals surface area contributed by atoms with Crippen LogP contribution in [-0.4, -0.2) is 35.6 Å². The molecule has 122 valence electrons. The average molecular weight is 293 g/mol. The highest BCUT2D eigenvalue weighted by molar-refractivity contribution is 5.05. The Kier molecular flexibility index (Phi) is 4.66. The van der Waals surface area contributed by atoms with Gasteiger partial charge in [0.1, 0.15) is 0 Å². The van der Waals surface area contributed by atoms with E-state index in [0.29, 0.717) is 5.54 Å². The van der Waals surface area contributed by atoms with Crippen LogP contribution in [-0.2, 0) is 0 Å². The Balaban J connectivity index is 1.72. The van der Waals surface area contributed by atoms with Gasteiger partial charge in [0.25, 0.3) is 0 Å². The lowest BCUT2D eigenvalue weighted by atomic mass is 9.80. The molecule has 3 fully saturated rings. The first-order chi connectivity index (χ1) is 10.0. The van der Waals surface area contributed by atoms with Crippen LogP contribution in [0.15, 0.2) is 0 Å². The fraction of sp³-hybridized carbons (Fsp3) is 1.00.